The first-order valence-electron chi connectivity index (χ1n) is 4.34. The molecule has 0 rings (SSSR count). The van der Waals surface area contributed by atoms with E-state index in [9.17, 15) is 0 Å². The average Bonchev–Trinajstić information content (AvgIpc) is 1.79. The van der Waals surface area contributed by atoms with Gasteiger partial charge in [0, 0.05) is 0 Å². The molecule has 3 heteroatoms. The monoisotopic (exact) mass is 190 g/mol. The van der Waals surface area contributed by atoms with Gasteiger partial charge < -0.3 is 0 Å². The molecule has 0 aliphatic carbocycles. The van der Waals surface area contributed by atoms with Gasteiger partial charge in [-0.3, -0.25) is 9.80 Å². The molecule has 0 heterocycles. The summed E-state index contributed by atoms with van der Waals surface area (Å²) in [7, 11) is 9.51. The third-order valence-electron chi connectivity index (χ3n) is 1.54. The maximum atomic E-state index is 2.30. The van der Waals surface area contributed by atoms with Crippen LogP contribution in [-0.4, -0.2) is 49.1 Å². The van der Waals surface area contributed by atoms with Crippen molar-refractivity contribution in [1.82, 2.24) is 9.80 Å². The Morgan fingerprint density at radius 3 is 1.33 bits per heavy atom. The van der Waals surface area contributed by atoms with E-state index in [1.54, 1.807) is 0 Å². The molecule has 74 valence electrons. The minimum Gasteiger partial charge on any atom is -0.291 e. The van der Waals surface area contributed by atoms with Crippen molar-refractivity contribution in [3.05, 3.63) is 0 Å². The van der Waals surface area contributed by atoms with Gasteiger partial charge in [-0.15, -0.1) is 0 Å². The Labute approximate surface area is 79.1 Å². The highest BCUT2D eigenvalue weighted by Crippen LogP contribution is 2.36. The lowest BCUT2D eigenvalue weighted by Gasteiger charge is -2.35. The van der Waals surface area contributed by atoms with Crippen LogP contribution in [0.15, 0.2) is 0 Å². The highest BCUT2D eigenvalue weighted by atomic mass is 31.1. The molecule has 12 heavy (non-hydrogen) atoms. The van der Waals surface area contributed by atoms with Crippen LogP contribution in [0.2, 0.25) is 0 Å². The van der Waals surface area contributed by atoms with Gasteiger partial charge in [-0.1, -0.05) is 29.4 Å². The van der Waals surface area contributed by atoms with Crippen LogP contribution in [0.1, 0.15) is 20.8 Å². The third kappa shape index (κ3) is 5.08. The van der Waals surface area contributed by atoms with Gasteiger partial charge in [0.15, 0.2) is 0 Å². The molecule has 1 unspecified atom stereocenters. The van der Waals surface area contributed by atoms with Crippen LogP contribution in [0.25, 0.3) is 0 Å². The van der Waals surface area contributed by atoms with Crippen molar-refractivity contribution in [2.75, 3.05) is 28.2 Å². The van der Waals surface area contributed by atoms with Gasteiger partial charge in [-0.05, 0) is 33.3 Å². The Morgan fingerprint density at radius 2 is 1.25 bits per heavy atom. The lowest BCUT2D eigenvalue weighted by atomic mass is 10.3. The molecule has 0 radical (unpaired) electrons. The third-order valence-corrected chi connectivity index (χ3v) is 3.70. The van der Waals surface area contributed by atoms with Gasteiger partial charge in [-0.2, -0.15) is 0 Å². The summed E-state index contributed by atoms with van der Waals surface area (Å²) in [6.07, 6.45) is 0. The summed E-state index contributed by atoms with van der Waals surface area (Å²) in [4.78, 5) is 4.56. The molecule has 0 amide bonds. The Bertz CT molecular complexity index is 119. The lowest BCUT2D eigenvalue weighted by Crippen LogP contribution is -2.39. The zero-order valence-electron chi connectivity index (χ0n) is 9.47. The predicted octanol–water partition coefficient (Wildman–Crippen LogP) is 1.87. The quantitative estimate of drug-likeness (QED) is 0.495. The molecule has 1 atom stereocenters. The van der Waals surface area contributed by atoms with Crippen LogP contribution in [-0.2, 0) is 0 Å². The molecule has 0 saturated heterocycles. The molecule has 2 nitrogen and oxygen atoms in total. The Kier molecular flexibility index (Phi) is 4.68. The van der Waals surface area contributed by atoms with E-state index in [4.69, 9.17) is 0 Å². The highest BCUT2D eigenvalue weighted by molar-refractivity contribution is 7.40. The van der Waals surface area contributed by atoms with E-state index in [0.717, 1.165) is 8.58 Å². The van der Waals surface area contributed by atoms with Crippen LogP contribution >= 0.6 is 8.58 Å². The van der Waals surface area contributed by atoms with Gasteiger partial charge in [0.25, 0.3) is 0 Å². The Hall–Kier alpha value is 0.350. The van der Waals surface area contributed by atoms with Gasteiger partial charge in [0.05, 0.1) is 5.91 Å². The van der Waals surface area contributed by atoms with Crippen molar-refractivity contribution in [2.24, 2.45) is 0 Å². The summed E-state index contributed by atoms with van der Waals surface area (Å²) >= 11 is 0. The van der Waals surface area contributed by atoms with Crippen LogP contribution in [0.5, 0.6) is 0 Å². The zero-order chi connectivity index (χ0) is 9.94. The highest BCUT2D eigenvalue weighted by Gasteiger charge is 2.21. The van der Waals surface area contributed by atoms with E-state index in [1.807, 2.05) is 0 Å². The van der Waals surface area contributed by atoms with Crippen molar-refractivity contribution < 1.29 is 0 Å². The molecule has 0 N–H and O–H groups in total. The molecule has 0 aliphatic heterocycles. The lowest BCUT2D eigenvalue weighted by molar-refractivity contribution is 0.206. The molecule has 0 saturated carbocycles. The topological polar surface area (TPSA) is 6.48 Å². The number of hydrogen-bond acceptors (Lipinski definition) is 2. The summed E-state index contributed by atoms with van der Waals surface area (Å²) < 4.78 is 0. The van der Waals surface area contributed by atoms with Crippen molar-refractivity contribution in [3.8, 4) is 0 Å². The fourth-order valence-electron chi connectivity index (χ4n) is 1.11. The summed E-state index contributed by atoms with van der Waals surface area (Å²) in [5.41, 5.74) is 0. The smallest absolute Gasteiger partial charge is 0.0788 e. The van der Waals surface area contributed by atoms with Gasteiger partial charge in [0.2, 0.25) is 0 Å². The molecule has 0 aromatic rings. The van der Waals surface area contributed by atoms with Gasteiger partial charge >= 0.3 is 0 Å². The van der Waals surface area contributed by atoms with Crippen molar-refractivity contribution in [1.29, 1.82) is 0 Å². The SMILES string of the molecule is CN(C)C(PC(C)(C)C)N(C)C. The van der Waals surface area contributed by atoms with Crippen molar-refractivity contribution in [2.45, 2.75) is 31.8 Å². The maximum absolute atomic E-state index is 2.30. The molecule has 0 bridgehead atoms. The molecular weight excluding hydrogens is 167 g/mol. The second-order valence-electron chi connectivity index (χ2n) is 4.70. The van der Waals surface area contributed by atoms with E-state index in [1.165, 1.54) is 0 Å². The first-order chi connectivity index (χ1) is 5.24. The summed E-state index contributed by atoms with van der Waals surface area (Å²) in [6.45, 7) is 6.89. The first-order valence-corrected chi connectivity index (χ1v) is 5.42. The van der Waals surface area contributed by atoms with Crippen LogP contribution in [0.4, 0.5) is 0 Å². The Balaban J connectivity index is 4.15. The van der Waals surface area contributed by atoms with Crippen LogP contribution in [0.3, 0.4) is 0 Å². The molecule has 0 spiro atoms. The van der Waals surface area contributed by atoms with E-state index >= 15 is 0 Å². The van der Waals surface area contributed by atoms with Gasteiger partial charge in [0.1, 0.15) is 0 Å². The Morgan fingerprint density at radius 1 is 0.917 bits per heavy atom. The molecular formula is C9H23N2P. The second-order valence-corrected chi connectivity index (χ2v) is 7.00. The standard InChI is InChI=1S/C9H23N2P/c1-9(2,3)12-8(10(4)5)11(6)7/h8,12H,1-7H3. The van der Waals surface area contributed by atoms with E-state index in [2.05, 4.69) is 58.8 Å². The summed E-state index contributed by atoms with van der Waals surface area (Å²) in [5.74, 6) is 0.574. The predicted molar refractivity (Wildman–Crippen MR) is 59.2 cm³/mol. The summed E-state index contributed by atoms with van der Waals surface area (Å²) in [6, 6.07) is 0. The summed E-state index contributed by atoms with van der Waals surface area (Å²) in [5, 5.41) is 0.430. The molecule has 0 fully saturated rings. The van der Waals surface area contributed by atoms with Crippen LogP contribution in [0, 0.1) is 0 Å². The number of hydrogen-bond donors (Lipinski definition) is 0. The van der Waals surface area contributed by atoms with E-state index < -0.39 is 0 Å². The van der Waals surface area contributed by atoms with Crippen molar-refractivity contribution in [3.63, 3.8) is 0 Å². The van der Waals surface area contributed by atoms with E-state index in [0.29, 0.717) is 11.1 Å². The van der Waals surface area contributed by atoms with E-state index in [-0.39, 0.29) is 0 Å². The molecule has 0 aliphatic rings. The average molecular weight is 190 g/mol. The van der Waals surface area contributed by atoms with Gasteiger partial charge in [-0.25, -0.2) is 0 Å². The zero-order valence-corrected chi connectivity index (χ0v) is 10.5. The fraction of sp³-hybridized carbons (Fsp3) is 1.00. The minimum atomic E-state index is 0.430. The normalized spacial score (nSPS) is 14.5. The van der Waals surface area contributed by atoms with Crippen molar-refractivity contribution >= 4 is 8.58 Å². The molecule has 0 aromatic carbocycles. The number of rotatable bonds is 3. The minimum absolute atomic E-state index is 0.430. The second kappa shape index (κ2) is 4.55. The number of nitrogens with zero attached hydrogens (tertiary/aromatic N) is 2. The maximum Gasteiger partial charge on any atom is 0.0788 e. The van der Waals surface area contributed by atoms with Crippen LogP contribution < -0.4 is 0 Å². The molecule has 0 aromatic heterocycles. The first kappa shape index (κ1) is 12.3. The largest absolute Gasteiger partial charge is 0.291 e. The fourth-order valence-corrected chi connectivity index (χ4v) is 2.40.